The summed E-state index contributed by atoms with van der Waals surface area (Å²) in [5.41, 5.74) is 1.20. The number of methoxy groups -OCH3 is 1. The highest BCUT2D eigenvalue weighted by atomic mass is 16.5. The van der Waals surface area contributed by atoms with Crippen LogP contribution in [0.4, 0.5) is 0 Å². The van der Waals surface area contributed by atoms with Gasteiger partial charge < -0.3 is 9.84 Å². The molecule has 0 amide bonds. The molecule has 0 atom stereocenters. The Morgan fingerprint density at radius 3 is 2.76 bits per heavy atom. The Hall–Kier alpha value is -2.55. The highest BCUT2D eigenvalue weighted by Crippen LogP contribution is 2.19. The minimum atomic E-state index is 0.296. The summed E-state index contributed by atoms with van der Waals surface area (Å²) in [6.07, 6.45) is 5.03. The lowest BCUT2D eigenvalue weighted by molar-refractivity contribution is -0.695. The van der Waals surface area contributed by atoms with Crippen molar-refractivity contribution in [1.82, 2.24) is 0 Å². The van der Waals surface area contributed by atoms with Crippen molar-refractivity contribution >= 4 is 10.8 Å². The van der Waals surface area contributed by atoms with Crippen LogP contribution < -0.4 is 9.30 Å². The summed E-state index contributed by atoms with van der Waals surface area (Å²) in [5, 5.41) is 11.7. The summed E-state index contributed by atoms with van der Waals surface area (Å²) >= 11 is 0. The van der Waals surface area contributed by atoms with Crippen molar-refractivity contribution in [3.05, 3.63) is 66.5 Å². The number of benzene rings is 2. The number of ether oxygens (including phenoxy) is 1. The van der Waals surface area contributed by atoms with E-state index in [4.69, 9.17) is 4.74 Å². The second kappa shape index (κ2) is 5.83. The first kappa shape index (κ1) is 13.4. The number of fused-ring (bicyclic) bond motifs is 1. The van der Waals surface area contributed by atoms with Crippen LogP contribution >= 0.6 is 0 Å². The lowest BCUT2D eigenvalue weighted by Crippen LogP contribution is -2.33. The van der Waals surface area contributed by atoms with Gasteiger partial charge >= 0.3 is 0 Å². The summed E-state index contributed by atoms with van der Waals surface area (Å²) in [4.78, 5) is 0. The average molecular weight is 280 g/mol. The van der Waals surface area contributed by atoms with Crippen LogP contribution in [0.15, 0.2) is 60.9 Å². The quantitative estimate of drug-likeness (QED) is 0.745. The van der Waals surface area contributed by atoms with E-state index in [-0.39, 0.29) is 0 Å². The Morgan fingerprint density at radius 2 is 1.90 bits per heavy atom. The topological polar surface area (TPSA) is 33.3 Å². The van der Waals surface area contributed by atoms with Gasteiger partial charge in [-0.1, -0.05) is 24.3 Å². The van der Waals surface area contributed by atoms with Gasteiger partial charge in [0.1, 0.15) is 11.5 Å². The van der Waals surface area contributed by atoms with E-state index in [0.29, 0.717) is 5.75 Å². The molecular formula is C18H18NO2+. The van der Waals surface area contributed by atoms with Crippen molar-refractivity contribution < 1.29 is 14.4 Å². The fourth-order valence-electron chi connectivity index (χ4n) is 2.52. The van der Waals surface area contributed by atoms with E-state index in [2.05, 4.69) is 29.1 Å². The highest BCUT2D eigenvalue weighted by Gasteiger charge is 2.07. The van der Waals surface area contributed by atoms with Crippen LogP contribution in [0.2, 0.25) is 0 Å². The Bertz CT molecular complexity index is 768. The Morgan fingerprint density at radius 1 is 1.05 bits per heavy atom. The molecule has 0 saturated heterocycles. The zero-order valence-corrected chi connectivity index (χ0v) is 12.0. The van der Waals surface area contributed by atoms with Crippen molar-refractivity contribution in [2.75, 3.05) is 7.11 Å². The molecule has 0 bridgehead atoms. The first-order valence-electron chi connectivity index (χ1n) is 7.00. The molecule has 3 nitrogen and oxygen atoms in total. The van der Waals surface area contributed by atoms with Gasteiger partial charge in [0.05, 0.1) is 7.11 Å². The van der Waals surface area contributed by atoms with Crippen molar-refractivity contribution in [2.24, 2.45) is 0 Å². The van der Waals surface area contributed by atoms with Gasteiger partial charge in [-0.25, -0.2) is 4.57 Å². The SMILES string of the molecule is COc1ccccc1CC[n+]1ccc2ccc(O)cc2c1. The summed E-state index contributed by atoms with van der Waals surface area (Å²) in [7, 11) is 1.70. The first-order valence-corrected chi connectivity index (χ1v) is 7.00. The van der Waals surface area contributed by atoms with Gasteiger partial charge in [0, 0.05) is 23.4 Å². The van der Waals surface area contributed by atoms with Gasteiger partial charge in [-0.2, -0.15) is 0 Å². The molecule has 1 heterocycles. The molecule has 0 aliphatic carbocycles. The molecule has 0 aliphatic heterocycles. The summed E-state index contributed by atoms with van der Waals surface area (Å²) in [5.74, 6) is 1.22. The molecule has 3 aromatic rings. The van der Waals surface area contributed by atoms with E-state index >= 15 is 0 Å². The Kier molecular flexibility index (Phi) is 3.73. The number of aromatic nitrogens is 1. The third-order valence-corrected chi connectivity index (χ3v) is 3.65. The molecule has 0 spiro atoms. The predicted octanol–water partition coefficient (Wildman–Crippen LogP) is 3.08. The third kappa shape index (κ3) is 2.97. The Labute approximate surface area is 124 Å². The maximum Gasteiger partial charge on any atom is 0.176 e. The zero-order chi connectivity index (χ0) is 14.7. The van der Waals surface area contributed by atoms with E-state index < -0.39 is 0 Å². The summed E-state index contributed by atoms with van der Waals surface area (Å²) in [6, 6.07) is 15.6. The van der Waals surface area contributed by atoms with Crippen molar-refractivity contribution in [2.45, 2.75) is 13.0 Å². The molecule has 106 valence electrons. The van der Waals surface area contributed by atoms with Crippen LogP contribution in [-0.4, -0.2) is 12.2 Å². The fourth-order valence-corrected chi connectivity index (χ4v) is 2.52. The summed E-state index contributed by atoms with van der Waals surface area (Å²) < 4.78 is 7.51. The zero-order valence-electron chi connectivity index (χ0n) is 12.0. The molecule has 0 aliphatic rings. The fraction of sp³-hybridized carbons (Fsp3) is 0.167. The standard InChI is InChI=1S/C18H17NO2/c1-21-18-5-3-2-4-15(18)9-11-19-10-8-14-6-7-17(20)12-16(14)13-19/h2-8,10,12-13H,9,11H2,1H3/p+1. The van der Waals surface area contributed by atoms with Gasteiger partial charge in [-0.05, 0) is 23.6 Å². The van der Waals surface area contributed by atoms with Crippen LogP contribution in [0.5, 0.6) is 11.5 Å². The van der Waals surface area contributed by atoms with Crippen LogP contribution in [0.1, 0.15) is 5.56 Å². The lowest BCUT2D eigenvalue weighted by Gasteiger charge is -2.06. The monoisotopic (exact) mass is 280 g/mol. The number of phenols is 1. The summed E-state index contributed by atoms with van der Waals surface area (Å²) in [6.45, 7) is 0.867. The van der Waals surface area contributed by atoms with Gasteiger partial charge in [0.25, 0.3) is 0 Å². The molecule has 0 unspecified atom stereocenters. The minimum absolute atomic E-state index is 0.296. The maximum atomic E-state index is 9.57. The molecule has 1 N–H and O–H groups in total. The Balaban J connectivity index is 1.81. The normalized spacial score (nSPS) is 10.7. The van der Waals surface area contributed by atoms with Gasteiger partial charge in [0.2, 0.25) is 0 Å². The maximum absolute atomic E-state index is 9.57. The largest absolute Gasteiger partial charge is 0.508 e. The molecule has 1 aromatic heterocycles. The van der Waals surface area contributed by atoms with Crippen molar-refractivity contribution in [3.8, 4) is 11.5 Å². The molecule has 0 fully saturated rings. The van der Waals surface area contributed by atoms with Crippen LogP contribution in [0.3, 0.4) is 0 Å². The van der Waals surface area contributed by atoms with E-state index in [0.717, 1.165) is 29.5 Å². The number of pyridine rings is 1. The first-order chi connectivity index (χ1) is 10.3. The van der Waals surface area contributed by atoms with Crippen LogP contribution in [-0.2, 0) is 13.0 Å². The smallest absolute Gasteiger partial charge is 0.176 e. The number of aryl methyl sites for hydroxylation is 2. The number of nitrogens with zero attached hydrogens (tertiary/aromatic N) is 1. The molecule has 0 saturated carbocycles. The van der Waals surface area contributed by atoms with Crippen LogP contribution in [0, 0.1) is 0 Å². The predicted molar refractivity (Wildman–Crippen MR) is 82.5 cm³/mol. The molecule has 2 aromatic carbocycles. The molecular weight excluding hydrogens is 262 g/mol. The second-order valence-electron chi connectivity index (χ2n) is 5.06. The van der Waals surface area contributed by atoms with Gasteiger partial charge in [-0.15, -0.1) is 0 Å². The van der Waals surface area contributed by atoms with E-state index in [1.54, 1.807) is 19.2 Å². The van der Waals surface area contributed by atoms with Crippen LogP contribution in [0.25, 0.3) is 10.8 Å². The van der Waals surface area contributed by atoms with Crippen molar-refractivity contribution in [1.29, 1.82) is 0 Å². The third-order valence-electron chi connectivity index (χ3n) is 3.65. The molecule has 3 heteroatoms. The van der Waals surface area contributed by atoms with Crippen molar-refractivity contribution in [3.63, 3.8) is 0 Å². The second-order valence-corrected chi connectivity index (χ2v) is 5.06. The number of hydrogen-bond donors (Lipinski definition) is 1. The van der Waals surface area contributed by atoms with E-state index in [1.807, 2.05) is 24.3 Å². The molecule has 3 rings (SSSR count). The number of para-hydroxylation sites is 1. The lowest BCUT2D eigenvalue weighted by atomic mass is 10.1. The highest BCUT2D eigenvalue weighted by molar-refractivity contribution is 5.81. The molecule has 21 heavy (non-hydrogen) atoms. The average Bonchev–Trinajstić information content (AvgIpc) is 2.52. The number of aromatic hydroxyl groups is 1. The van der Waals surface area contributed by atoms with Gasteiger partial charge in [-0.3, -0.25) is 0 Å². The van der Waals surface area contributed by atoms with Gasteiger partial charge in [0.15, 0.2) is 18.9 Å². The van der Waals surface area contributed by atoms with E-state index in [1.165, 1.54) is 5.56 Å². The molecule has 0 radical (unpaired) electrons. The van der Waals surface area contributed by atoms with E-state index in [9.17, 15) is 5.11 Å². The number of phenolic OH excluding ortho intramolecular Hbond substituents is 1. The minimum Gasteiger partial charge on any atom is -0.508 e. The number of hydrogen-bond acceptors (Lipinski definition) is 2. The number of rotatable bonds is 4.